The number of nitrogens with one attached hydrogen (secondary N) is 1. The van der Waals surface area contributed by atoms with Crippen LogP contribution in [0.4, 0.5) is 0 Å². The summed E-state index contributed by atoms with van der Waals surface area (Å²) in [5, 5.41) is 3.24. The Hall–Kier alpha value is -0.610. The molecule has 2 aliphatic rings. The molecule has 92 valence electrons. The van der Waals surface area contributed by atoms with Gasteiger partial charge in [0.15, 0.2) is 0 Å². The highest BCUT2D eigenvalue weighted by Crippen LogP contribution is 2.16. The van der Waals surface area contributed by atoms with E-state index in [2.05, 4.69) is 5.32 Å². The highest BCUT2D eigenvalue weighted by atomic mass is 16.5. The minimum Gasteiger partial charge on any atom is -0.381 e. The Bertz CT molecular complexity index is 239. The van der Waals surface area contributed by atoms with Gasteiger partial charge in [-0.1, -0.05) is 0 Å². The lowest BCUT2D eigenvalue weighted by Gasteiger charge is -2.29. The van der Waals surface area contributed by atoms with Gasteiger partial charge in [-0.3, -0.25) is 4.79 Å². The molecule has 0 bridgehead atoms. The standard InChI is InChI=1S/C12H22N2O2/c1-10-12(15)14(6-3-5-13-10)8-11-4-2-7-16-9-11/h10-11,13H,2-9H2,1H3. The second-order valence-corrected chi connectivity index (χ2v) is 4.90. The molecule has 0 aliphatic carbocycles. The Kier molecular flexibility index (Phi) is 4.18. The van der Waals surface area contributed by atoms with Crippen molar-refractivity contribution in [3.63, 3.8) is 0 Å². The van der Waals surface area contributed by atoms with Crippen LogP contribution >= 0.6 is 0 Å². The van der Waals surface area contributed by atoms with Crippen LogP contribution in [0.3, 0.4) is 0 Å². The van der Waals surface area contributed by atoms with Crippen LogP contribution in [0.1, 0.15) is 26.2 Å². The zero-order valence-corrected chi connectivity index (χ0v) is 10.1. The monoisotopic (exact) mass is 226 g/mol. The topological polar surface area (TPSA) is 41.6 Å². The van der Waals surface area contributed by atoms with Gasteiger partial charge >= 0.3 is 0 Å². The van der Waals surface area contributed by atoms with Crippen molar-refractivity contribution in [2.24, 2.45) is 5.92 Å². The predicted octanol–water partition coefficient (Wildman–Crippen LogP) is 0.623. The van der Waals surface area contributed by atoms with Gasteiger partial charge < -0.3 is 15.0 Å². The van der Waals surface area contributed by atoms with Crippen molar-refractivity contribution in [2.45, 2.75) is 32.2 Å². The Labute approximate surface area is 97.3 Å². The van der Waals surface area contributed by atoms with Crippen LogP contribution < -0.4 is 5.32 Å². The summed E-state index contributed by atoms with van der Waals surface area (Å²) in [6, 6.07) is -0.0213. The molecule has 1 amide bonds. The summed E-state index contributed by atoms with van der Waals surface area (Å²) in [5.41, 5.74) is 0. The van der Waals surface area contributed by atoms with Crippen molar-refractivity contribution in [3.05, 3.63) is 0 Å². The largest absolute Gasteiger partial charge is 0.381 e. The molecule has 4 nitrogen and oxygen atoms in total. The maximum absolute atomic E-state index is 12.0. The number of rotatable bonds is 2. The van der Waals surface area contributed by atoms with Gasteiger partial charge in [0.1, 0.15) is 0 Å². The number of nitrogens with zero attached hydrogens (tertiary/aromatic N) is 1. The van der Waals surface area contributed by atoms with Crippen molar-refractivity contribution < 1.29 is 9.53 Å². The summed E-state index contributed by atoms with van der Waals surface area (Å²) in [6.45, 7) is 6.40. The Morgan fingerprint density at radius 3 is 3.12 bits per heavy atom. The van der Waals surface area contributed by atoms with Gasteiger partial charge in [-0.15, -0.1) is 0 Å². The molecule has 4 heteroatoms. The highest BCUT2D eigenvalue weighted by Gasteiger charge is 2.26. The van der Waals surface area contributed by atoms with Gasteiger partial charge in [0.25, 0.3) is 0 Å². The highest BCUT2D eigenvalue weighted by molar-refractivity contribution is 5.81. The fourth-order valence-corrected chi connectivity index (χ4v) is 2.50. The predicted molar refractivity (Wildman–Crippen MR) is 62.2 cm³/mol. The second kappa shape index (κ2) is 5.64. The molecule has 1 N–H and O–H groups in total. The minimum absolute atomic E-state index is 0.0213. The van der Waals surface area contributed by atoms with Crippen LogP contribution in [0.2, 0.25) is 0 Å². The molecule has 2 aliphatic heterocycles. The third-order valence-corrected chi connectivity index (χ3v) is 3.47. The lowest BCUT2D eigenvalue weighted by Crippen LogP contribution is -2.44. The first kappa shape index (κ1) is 11.9. The third-order valence-electron chi connectivity index (χ3n) is 3.47. The first-order valence-corrected chi connectivity index (χ1v) is 6.37. The van der Waals surface area contributed by atoms with E-state index in [0.29, 0.717) is 5.92 Å². The average Bonchev–Trinajstić information content (AvgIpc) is 2.46. The van der Waals surface area contributed by atoms with E-state index in [0.717, 1.165) is 45.7 Å². The second-order valence-electron chi connectivity index (χ2n) is 4.90. The molecule has 2 unspecified atom stereocenters. The summed E-state index contributed by atoms with van der Waals surface area (Å²) < 4.78 is 5.46. The summed E-state index contributed by atoms with van der Waals surface area (Å²) in [4.78, 5) is 14.1. The smallest absolute Gasteiger partial charge is 0.239 e. The Morgan fingerprint density at radius 1 is 1.50 bits per heavy atom. The average molecular weight is 226 g/mol. The first-order chi connectivity index (χ1) is 7.77. The zero-order valence-electron chi connectivity index (χ0n) is 10.1. The van der Waals surface area contributed by atoms with Crippen LogP contribution in [0.25, 0.3) is 0 Å². The molecule has 0 radical (unpaired) electrons. The van der Waals surface area contributed by atoms with Crippen LogP contribution in [0, 0.1) is 5.92 Å². The molecule has 2 atom stereocenters. The third kappa shape index (κ3) is 2.95. The van der Waals surface area contributed by atoms with Crippen molar-refractivity contribution in [2.75, 3.05) is 32.8 Å². The summed E-state index contributed by atoms with van der Waals surface area (Å²) >= 11 is 0. The molecule has 0 saturated carbocycles. The number of hydrogen-bond donors (Lipinski definition) is 1. The van der Waals surface area contributed by atoms with E-state index in [9.17, 15) is 4.79 Å². The van der Waals surface area contributed by atoms with Crippen LogP contribution in [0.15, 0.2) is 0 Å². The molecule has 2 rings (SSSR count). The number of hydrogen-bond acceptors (Lipinski definition) is 3. The van der Waals surface area contributed by atoms with Crippen LogP contribution in [-0.4, -0.2) is 49.7 Å². The maximum atomic E-state index is 12.0. The van der Waals surface area contributed by atoms with Gasteiger partial charge in [0, 0.05) is 19.7 Å². The van der Waals surface area contributed by atoms with Crippen molar-refractivity contribution in [3.8, 4) is 0 Å². The quantitative estimate of drug-likeness (QED) is 0.750. The molecular formula is C12H22N2O2. The summed E-state index contributed by atoms with van der Waals surface area (Å²) in [7, 11) is 0. The molecule has 0 aromatic heterocycles. The van der Waals surface area contributed by atoms with E-state index in [1.54, 1.807) is 0 Å². The van der Waals surface area contributed by atoms with Crippen molar-refractivity contribution in [1.82, 2.24) is 10.2 Å². The molecule has 0 aromatic rings. The van der Waals surface area contributed by atoms with E-state index in [-0.39, 0.29) is 11.9 Å². The number of carbonyl (C=O) groups is 1. The first-order valence-electron chi connectivity index (χ1n) is 6.37. The lowest BCUT2D eigenvalue weighted by molar-refractivity contribution is -0.133. The van der Waals surface area contributed by atoms with E-state index >= 15 is 0 Å². The fraction of sp³-hybridized carbons (Fsp3) is 0.917. The molecule has 2 fully saturated rings. The van der Waals surface area contributed by atoms with Crippen molar-refractivity contribution >= 4 is 5.91 Å². The van der Waals surface area contributed by atoms with Gasteiger partial charge in [-0.2, -0.15) is 0 Å². The fourth-order valence-electron chi connectivity index (χ4n) is 2.50. The SMILES string of the molecule is CC1NCCCN(CC2CCCOC2)C1=O. The van der Waals surface area contributed by atoms with E-state index in [1.807, 2.05) is 11.8 Å². The molecule has 0 spiro atoms. The van der Waals surface area contributed by atoms with Gasteiger partial charge in [0.05, 0.1) is 12.6 Å². The van der Waals surface area contributed by atoms with E-state index in [1.165, 1.54) is 6.42 Å². The number of ether oxygens (including phenoxy) is 1. The normalized spacial score (nSPS) is 32.6. The number of amides is 1. The van der Waals surface area contributed by atoms with Crippen LogP contribution in [-0.2, 0) is 9.53 Å². The minimum atomic E-state index is -0.0213. The lowest BCUT2D eigenvalue weighted by atomic mass is 10.0. The van der Waals surface area contributed by atoms with Gasteiger partial charge in [0.2, 0.25) is 5.91 Å². The maximum Gasteiger partial charge on any atom is 0.239 e. The molecule has 16 heavy (non-hydrogen) atoms. The van der Waals surface area contributed by atoms with Crippen molar-refractivity contribution in [1.29, 1.82) is 0 Å². The molecule has 0 aromatic carbocycles. The molecule has 2 saturated heterocycles. The van der Waals surface area contributed by atoms with Crippen LogP contribution in [0.5, 0.6) is 0 Å². The Balaban J connectivity index is 1.88. The van der Waals surface area contributed by atoms with Gasteiger partial charge in [-0.05, 0) is 38.6 Å². The van der Waals surface area contributed by atoms with E-state index in [4.69, 9.17) is 4.74 Å². The summed E-state index contributed by atoms with van der Waals surface area (Å²) in [6.07, 6.45) is 3.40. The zero-order chi connectivity index (χ0) is 11.4. The van der Waals surface area contributed by atoms with E-state index < -0.39 is 0 Å². The Morgan fingerprint density at radius 2 is 2.38 bits per heavy atom. The molecule has 2 heterocycles. The van der Waals surface area contributed by atoms with Gasteiger partial charge in [-0.25, -0.2) is 0 Å². The summed E-state index contributed by atoms with van der Waals surface area (Å²) in [5.74, 6) is 0.797. The molecular weight excluding hydrogens is 204 g/mol. The number of carbonyl (C=O) groups excluding carboxylic acids is 1.